The molecule has 0 atom stereocenters. The van der Waals surface area contributed by atoms with Crippen LogP contribution in [-0.2, 0) is 4.74 Å². The first-order valence-electron chi connectivity index (χ1n) is 5.58. The van der Waals surface area contributed by atoms with Crippen molar-refractivity contribution in [1.82, 2.24) is 0 Å². The van der Waals surface area contributed by atoms with Gasteiger partial charge in [0.25, 0.3) is 0 Å². The van der Waals surface area contributed by atoms with Crippen LogP contribution in [0.5, 0.6) is 0 Å². The molecule has 0 N–H and O–H groups in total. The molecular formula is C14H13NO2S. The molecule has 0 aliphatic heterocycles. The number of amides is 1. The highest BCUT2D eigenvalue weighted by Crippen LogP contribution is 2.15. The van der Waals surface area contributed by atoms with Crippen molar-refractivity contribution in [3.63, 3.8) is 0 Å². The summed E-state index contributed by atoms with van der Waals surface area (Å²) in [4.78, 5) is 14.2. The first kappa shape index (κ1) is 12.5. The summed E-state index contributed by atoms with van der Waals surface area (Å²) in [5.41, 5.74) is 0.790. The van der Waals surface area contributed by atoms with E-state index in [0.29, 0.717) is 12.2 Å². The van der Waals surface area contributed by atoms with Crippen LogP contribution >= 0.6 is 12.2 Å². The van der Waals surface area contributed by atoms with E-state index < -0.39 is 6.09 Å². The van der Waals surface area contributed by atoms with Gasteiger partial charge in [0.2, 0.25) is 0 Å². The van der Waals surface area contributed by atoms with Crippen molar-refractivity contribution < 1.29 is 9.53 Å². The molecule has 2 rings (SSSR count). The Kier molecular flexibility index (Phi) is 3.89. The predicted molar refractivity (Wildman–Crippen MR) is 75.8 cm³/mol. The zero-order valence-corrected chi connectivity index (χ0v) is 10.8. The lowest BCUT2D eigenvalue weighted by molar-refractivity contribution is 0.188. The largest absolute Gasteiger partial charge is 0.419 e. The van der Waals surface area contributed by atoms with E-state index in [1.165, 1.54) is 4.90 Å². The number of hydrogen-bond acceptors (Lipinski definition) is 3. The minimum Gasteiger partial charge on any atom is -0.410 e. The molecule has 1 aromatic carbocycles. The van der Waals surface area contributed by atoms with Crippen molar-refractivity contribution in [2.75, 3.05) is 11.9 Å². The maximum absolute atomic E-state index is 11.9. The summed E-state index contributed by atoms with van der Waals surface area (Å²) in [6, 6.07) is 9.34. The average Bonchev–Trinajstić information content (AvgIpc) is 2.41. The first-order chi connectivity index (χ1) is 8.66. The lowest BCUT2D eigenvalue weighted by Crippen LogP contribution is -2.26. The topological polar surface area (TPSA) is 29.5 Å². The lowest BCUT2D eigenvalue weighted by Gasteiger charge is -2.17. The molecular weight excluding hydrogens is 246 g/mol. The third-order valence-corrected chi connectivity index (χ3v) is 2.86. The Bertz CT molecular complexity index is 520. The second-order valence-corrected chi connectivity index (χ2v) is 4.40. The number of allylic oxidation sites excluding steroid dienone is 3. The summed E-state index contributed by atoms with van der Waals surface area (Å²) in [6.45, 7) is 0. The fourth-order valence-electron chi connectivity index (χ4n) is 1.51. The molecule has 4 heteroatoms. The Morgan fingerprint density at radius 2 is 2.00 bits per heavy atom. The zero-order valence-electron chi connectivity index (χ0n) is 10.00. The van der Waals surface area contributed by atoms with Crippen molar-refractivity contribution in [3.8, 4) is 0 Å². The Labute approximate surface area is 111 Å². The zero-order chi connectivity index (χ0) is 13.0. The second-order valence-electron chi connectivity index (χ2n) is 3.87. The number of para-hydroxylation sites is 1. The van der Waals surface area contributed by atoms with Gasteiger partial charge in [-0.15, -0.1) is 0 Å². The van der Waals surface area contributed by atoms with Gasteiger partial charge in [0.05, 0.1) is 0 Å². The smallest absolute Gasteiger partial charge is 0.410 e. The van der Waals surface area contributed by atoms with Gasteiger partial charge in [0.15, 0.2) is 0 Å². The van der Waals surface area contributed by atoms with Gasteiger partial charge >= 0.3 is 6.09 Å². The Morgan fingerprint density at radius 3 is 2.61 bits per heavy atom. The monoisotopic (exact) mass is 259 g/mol. The normalized spacial score (nSPS) is 14.1. The van der Waals surface area contributed by atoms with E-state index in [1.807, 2.05) is 30.3 Å². The summed E-state index contributed by atoms with van der Waals surface area (Å²) < 4.78 is 5.26. The van der Waals surface area contributed by atoms with E-state index in [0.717, 1.165) is 10.6 Å². The van der Waals surface area contributed by atoms with E-state index in [2.05, 4.69) is 0 Å². The number of thiocarbonyl (C=S) groups is 1. The van der Waals surface area contributed by atoms with Crippen LogP contribution in [0.1, 0.15) is 6.42 Å². The molecule has 0 saturated heterocycles. The highest BCUT2D eigenvalue weighted by molar-refractivity contribution is 7.80. The van der Waals surface area contributed by atoms with E-state index in [-0.39, 0.29) is 0 Å². The maximum Gasteiger partial charge on any atom is 0.419 e. The summed E-state index contributed by atoms with van der Waals surface area (Å²) in [6.07, 6.45) is 5.52. The van der Waals surface area contributed by atoms with Crippen LogP contribution in [-0.4, -0.2) is 18.0 Å². The molecule has 0 heterocycles. The maximum atomic E-state index is 11.9. The molecule has 0 unspecified atom stereocenters. The number of nitrogens with zero attached hydrogens (tertiary/aromatic N) is 1. The molecule has 1 aliphatic rings. The molecule has 0 spiro atoms. The van der Waals surface area contributed by atoms with E-state index in [9.17, 15) is 4.79 Å². The predicted octanol–water partition coefficient (Wildman–Crippen LogP) is 3.47. The molecule has 18 heavy (non-hydrogen) atoms. The van der Waals surface area contributed by atoms with Crippen molar-refractivity contribution >= 4 is 28.9 Å². The van der Waals surface area contributed by atoms with Gasteiger partial charge in [-0.2, -0.15) is 0 Å². The van der Waals surface area contributed by atoms with Gasteiger partial charge in [0.1, 0.15) is 5.76 Å². The Balaban J connectivity index is 2.01. The first-order valence-corrected chi connectivity index (χ1v) is 5.99. The number of hydrogen-bond donors (Lipinski definition) is 0. The fourth-order valence-corrected chi connectivity index (χ4v) is 1.67. The van der Waals surface area contributed by atoms with Crippen molar-refractivity contribution in [2.24, 2.45) is 0 Å². The number of carbonyl (C=O) groups is 1. The average molecular weight is 259 g/mol. The molecule has 0 saturated carbocycles. The fraction of sp³-hybridized carbons (Fsp3) is 0.143. The molecule has 92 valence electrons. The number of anilines is 1. The summed E-state index contributed by atoms with van der Waals surface area (Å²) in [7, 11) is 1.68. The van der Waals surface area contributed by atoms with Crippen molar-refractivity contribution in [2.45, 2.75) is 6.42 Å². The van der Waals surface area contributed by atoms with Crippen LogP contribution in [0.15, 0.2) is 54.3 Å². The van der Waals surface area contributed by atoms with Crippen molar-refractivity contribution in [3.05, 3.63) is 54.3 Å². The number of ether oxygens (including phenoxy) is 1. The van der Waals surface area contributed by atoms with Gasteiger partial charge in [-0.25, -0.2) is 4.79 Å². The molecule has 0 radical (unpaired) electrons. The SMILES string of the molecule is CN(C(=O)OC1=CCC(=S)C=C1)c1ccccc1. The van der Waals surface area contributed by atoms with Crippen LogP contribution in [0, 0.1) is 0 Å². The van der Waals surface area contributed by atoms with Crippen LogP contribution in [0.25, 0.3) is 0 Å². The molecule has 1 aromatic rings. The van der Waals surface area contributed by atoms with E-state index >= 15 is 0 Å². The quantitative estimate of drug-likeness (QED) is 0.762. The number of benzene rings is 1. The van der Waals surface area contributed by atoms with Gasteiger partial charge in [-0.3, -0.25) is 4.90 Å². The molecule has 1 aliphatic carbocycles. The highest BCUT2D eigenvalue weighted by Gasteiger charge is 2.14. The molecule has 0 fully saturated rings. The van der Waals surface area contributed by atoms with Crippen LogP contribution in [0.2, 0.25) is 0 Å². The summed E-state index contributed by atoms with van der Waals surface area (Å²) >= 11 is 5.02. The number of rotatable bonds is 2. The second kappa shape index (κ2) is 5.60. The van der Waals surface area contributed by atoms with Crippen LogP contribution in [0.3, 0.4) is 0 Å². The molecule has 1 amide bonds. The lowest BCUT2D eigenvalue weighted by atomic mass is 10.2. The van der Waals surface area contributed by atoms with Gasteiger partial charge in [0, 0.05) is 24.0 Å². The standard InChI is InChI=1S/C14H13NO2S/c1-15(11-5-3-2-4-6-11)14(16)17-12-7-9-13(18)10-8-12/h2-9H,10H2,1H3. The Hall–Kier alpha value is -1.94. The van der Waals surface area contributed by atoms with Crippen LogP contribution in [0.4, 0.5) is 10.5 Å². The van der Waals surface area contributed by atoms with E-state index in [4.69, 9.17) is 17.0 Å². The minimum atomic E-state index is -0.412. The van der Waals surface area contributed by atoms with Gasteiger partial charge in [-0.05, 0) is 30.4 Å². The van der Waals surface area contributed by atoms with E-state index in [1.54, 1.807) is 25.3 Å². The summed E-state index contributed by atoms with van der Waals surface area (Å²) in [5.74, 6) is 0.538. The summed E-state index contributed by atoms with van der Waals surface area (Å²) in [5, 5.41) is 0. The third-order valence-electron chi connectivity index (χ3n) is 2.56. The van der Waals surface area contributed by atoms with Gasteiger partial charge < -0.3 is 4.74 Å². The molecule has 0 aromatic heterocycles. The third kappa shape index (κ3) is 3.05. The van der Waals surface area contributed by atoms with Crippen molar-refractivity contribution in [1.29, 1.82) is 0 Å². The minimum absolute atomic E-state index is 0.412. The van der Waals surface area contributed by atoms with Gasteiger partial charge in [-0.1, -0.05) is 30.4 Å². The Morgan fingerprint density at radius 1 is 1.28 bits per heavy atom. The van der Waals surface area contributed by atoms with Crippen LogP contribution < -0.4 is 4.90 Å². The number of carbonyl (C=O) groups excluding carboxylic acids is 1. The molecule has 3 nitrogen and oxygen atoms in total. The highest BCUT2D eigenvalue weighted by atomic mass is 32.1. The molecule has 0 bridgehead atoms.